The number of hydrogen-bond acceptors (Lipinski definition) is 4. The summed E-state index contributed by atoms with van der Waals surface area (Å²) in [7, 11) is 0. The molecule has 1 heterocycles. The highest BCUT2D eigenvalue weighted by atomic mass is 16.6. The van der Waals surface area contributed by atoms with Gasteiger partial charge in [-0.1, -0.05) is 12.1 Å². The molecule has 1 amide bonds. The first-order valence-electron chi connectivity index (χ1n) is 5.41. The Morgan fingerprint density at radius 3 is 2.50 bits per heavy atom. The van der Waals surface area contributed by atoms with Crippen LogP contribution in [0.15, 0.2) is 35.0 Å². The molecule has 0 bridgehead atoms. The lowest BCUT2D eigenvalue weighted by Crippen LogP contribution is -2.05. The summed E-state index contributed by atoms with van der Waals surface area (Å²) >= 11 is 0. The minimum absolute atomic E-state index is 0.124. The van der Waals surface area contributed by atoms with Gasteiger partial charge in [-0.2, -0.15) is 0 Å². The van der Waals surface area contributed by atoms with Crippen LogP contribution in [0.25, 0.3) is 6.08 Å². The van der Waals surface area contributed by atoms with Crippen molar-refractivity contribution in [2.75, 3.05) is 5.32 Å². The number of anilines is 1. The second-order valence-electron chi connectivity index (χ2n) is 3.85. The molecule has 0 saturated heterocycles. The van der Waals surface area contributed by atoms with Gasteiger partial charge in [-0.3, -0.25) is 4.79 Å². The van der Waals surface area contributed by atoms with Crippen LogP contribution in [-0.4, -0.2) is 17.8 Å². The Bertz CT molecular complexity index is 556. The van der Waals surface area contributed by atoms with Gasteiger partial charge in [-0.25, -0.2) is 9.79 Å². The zero-order valence-electron chi connectivity index (χ0n) is 10.1. The number of cyclic esters (lactones) is 1. The van der Waals surface area contributed by atoms with Crippen molar-refractivity contribution in [3.63, 3.8) is 0 Å². The first kappa shape index (κ1) is 12.0. The van der Waals surface area contributed by atoms with Crippen molar-refractivity contribution in [2.24, 2.45) is 4.99 Å². The Morgan fingerprint density at radius 2 is 2.00 bits per heavy atom. The van der Waals surface area contributed by atoms with E-state index in [1.54, 1.807) is 37.3 Å². The van der Waals surface area contributed by atoms with Crippen LogP contribution in [0.1, 0.15) is 19.4 Å². The van der Waals surface area contributed by atoms with Crippen molar-refractivity contribution < 1.29 is 14.3 Å². The Kier molecular flexibility index (Phi) is 3.23. The zero-order chi connectivity index (χ0) is 13.1. The van der Waals surface area contributed by atoms with E-state index in [0.29, 0.717) is 11.6 Å². The fourth-order valence-corrected chi connectivity index (χ4v) is 1.54. The molecule has 1 aromatic rings. The summed E-state index contributed by atoms with van der Waals surface area (Å²) in [6.45, 7) is 3.07. The summed E-state index contributed by atoms with van der Waals surface area (Å²) in [4.78, 5) is 26.2. The van der Waals surface area contributed by atoms with Gasteiger partial charge in [0.15, 0.2) is 11.6 Å². The molecule has 5 heteroatoms. The van der Waals surface area contributed by atoms with Gasteiger partial charge < -0.3 is 10.1 Å². The van der Waals surface area contributed by atoms with Crippen molar-refractivity contribution in [1.29, 1.82) is 0 Å². The van der Waals surface area contributed by atoms with Crippen LogP contribution in [0.4, 0.5) is 5.69 Å². The number of benzene rings is 1. The van der Waals surface area contributed by atoms with Crippen LogP contribution < -0.4 is 5.32 Å². The lowest BCUT2D eigenvalue weighted by molar-refractivity contribution is -0.130. The van der Waals surface area contributed by atoms with E-state index in [9.17, 15) is 9.59 Å². The van der Waals surface area contributed by atoms with Gasteiger partial charge in [-0.15, -0.1) is 0 Å². The number of carbonyl (C=O) groups excluding carboxylic acids is 2. The average molecular weight is 244 g/mol. The van der Waals surface area contributed by atoms with Gasteiger partial charge in [0.1, 0.15) is 0 Å². The number of aliphatic imine (C=N–C) groups is 1. The van der Waals surface area contributed by atoms with E-state index in [2.05, 4.69) is 10.3 Å². The fourth-order valence-electron chi connectivity index (χ4n) is 1.54. The van der Waals surface area contributed by atoms with Crippen molar-refractivity contribution in [3.8, 4) is 0 Å². The van der Waals surface area contributed by atoms with Crippen LogP contribution in [0, 0.1) is 0 Å². The molecule has 0 unspecified atom stereocenters. The molecule has 5 nitrogen and oxygen atoms in total. The third-order valence-corrected chi connectivity index (χ3v) is 2.26. The summed E-state index contributed by atoms with van der Waals surface area (Å²) in [5.74, 6) is -0.222. The van der Waals surface area contributed by atoms with E-state index in [1.807, 2.05) is 0 Å². The molecule has 18 heavy (non-hydrogen) atoms. The lowest BCUT2D eigenvalue weighted by atomic mass is 10.2. The number of rotatable bonds is 2. The summed E-state index contributed by atoms with van der Waals surface area (Å²) in [6.07, 6.45) is 1.64. The van der Waals surface area contributed by atoms with E-state index >= 15 is 0 Å². The highest BCUT2D eigenvalue weighted by Gasteiger charge is 2.19. The molecule has 1 aliphatic heterocycles. The SMILES string of the molecule is CC(=O)Nc1ccc(C=C2N=C(C)OC2=O)cc1. The molecule has 0 aliphatic carbocycles. The number of ether oxygens (including phenoxy) is 1. The molecule has 0 atom stereocenters. The molecule has 0 aromatic heterocycles. The third-order valence-electron chi connectivity index (χ3n) is 2.26. The number of carbonyl (C=O) groups is 2. The highest BCUT2D eigenvalue weighted by Crippen LogP contribution is 2.17. The number of amides is 1. The minimum atomic E-state index is -0.446. The Balaban J connectivity index is 2.18. The molecule has 92 valence electrons. The third kappa shape index (κ3) is 2.82. The maximum Gasteiger partial charge on any atom is 0.363 e. The molecule has 2 rings (SSSR count). The number of nitrogens with zero attached hydrogens (tertiary/aromatic N) is 1. The maximum atomic E-state index is 11.3. The second-order valence-corrected chi connectivity index (χ2v) is 3.85. The Hall–Kier alpha value is -2.43. The summed E-state index contributed by atoms with van der Waals surface area (Å²) < 4.78 is 4.81. The van der Waals surface area contributed by atoms with E-state index in [-0.39, 0.29) is 11.6 Å². The topological polar surface area (TPSA) is 67.8 Å². The molecule has 1 aromatic carbocycles. The monoisotopic (exact) mass is 244 g/mol. The molecule has 1 aliphatic rings. The first-order valence-corrected chi connectivity index (χ1v) is 5.41. The van der Waals surface area contributed by atoms with E-state index < -0.39 is 5.97 Å². The lowest BCUT2D eigenvalue weighted by Gasteiger charge is -2.01. The number of hydrogen-bond donors (Lipinski definition) is 1. The zero-order valence-corrected chi connectivity index (χ0v) is 10.1. The van der Waals surface area contributed by atoms with Crippen molar-refractivity contribution in [1.82, 2.24) is 0 Å². The van der Waals surface area contributed by atoms with E-state index in [1.165, 1.54) is 6.92 Å². The molecule has 1 N–H and O–H groups in total. The van der Waals surface area contributed by atoms with Crippen LogP contribution in [-0.2, 0) is 14.3 Å². The summed E-state index contributed by atoms with van der Waals surface area (Å²) in [5, 5.41) is 2.66. The summed E-state index contributed by atoms with van der Waals surface area (Å²) in [5.41, 5.74) is 1.80. The molecular formula is C13H12N2O3. The quantitative estimate of drug-likeness (QED) is 0.638. The van der Waals surface area contributed by atoms with Crippen LogP contribution in [0.3, 0.4) is 0 Å². The molecule has 0 spiro atoms. The smallest absolute Gasteiger partial charge is 0.363 e. The standard InChI is InChI=1S/C13H12N2O3/c1-8(16)14-11-5-3-10(4-6-11)7-12-13(17)18-9(2)15-12/h3-7H,1-2H3,(H,14,16). The van der Waals surface area contributed by atoms with Gasteiger partial charge >= 0.3 is 5.97 Å². The first-order chi connectivity index (χ1) is 8.54. The predicted octanol–water partition coefficient (Wildman–Crippen LogP) is 1.96. The number of nitrogens with one attached hydrogen (secondary N) is 1. The van der Waals surface area contributed by atoms with E-state index in [0.717, 1.165) is 5.56 Å². The minimum Gasteiger partial charge on any atom is -0.407 e. The van der Waals surface area contributed by atoms with Crippen LogP contribution in [0.5, 0.6) is 0 Å². The second kappa shape index (κ2) is 4.83. The average Bonchev–Trinajstić information content (AvgIpc) is 2.59. The molecule has 0 radical (unpaired) electrons. The van der Waals surface area contributed by atoms with Gasteiger partial charge in [0, 0.05) is 19.5 Å². The maximum absolute atomic E-state index is 11.3. The van der Waals surface area contributed by atoms with Gasteiger partial charge in [0.05, 0.1) is 0 Å². The fraction of sp³-hybridized carbons (Fsp3) is 0.154. The normalized spacial score (nSPS) is 16.4. The summed E-state index contributed by atoms with van der Waals surface area (Å²) in [6, 6.07) is 7.08. The Labute approximate surface area is 104 Å². The molecular weight excluding hydrogens is 232 g/mol. The van der Waals surface area contributed by atoms with Gasteiger partial charge in [0.2, 0.25) is 5.91 Å². The highest BCUT2D eigenvalue weighted by molar-refractivity contribution is 6.06. The van der Waals surface area contributed by atoms with Crippen molar-refractivity contribution in [2.45, 2.75) is 13.8 Å². The Morgan fingerprint density at radius 1 is 1.33 bits per heavy atom. The van der Waals surface area contributed by atoms with Crippen molar-refractivity contribution in [3.05, 3.63) is 35.5 Å². The van der Waals surface area contributed by atoms with Gasteiger partial charge in [-0.05, 0) is 23.8 Å². The number of esters is 1. The van der Waals surface area contributed by atoms with Gasteiger partial charge in [0.25, 0.3) is 0 Å². The van der Waals surface area contributed by atoms with Crippen LogP contribution in [0.2, 0.25) is 0 Å². The molecule has 0 fully saturated rings. The predicted molar refractivity (Wildman–Crippen MR) is 67.9 cm³/mol. The van der Waals surface area contributed by atoms with Crippen LogP contribution >= 0.6 is 0 Å². The largest absolute Gasteiger partial charge is 0.407 e. The van der Waals surface area contributed by atoms with E-state index in [4.69, 9.17) is 4.74 Å². The van der Waals surface area contributed by atoms with Crippen molar-refractivity contribution >= 4 is 29.5 Å². The molecule has 0 saturated carbocycles.